The molecule has 2 aromatic carbocycles. The first-order valence-corrected chi connectivity index (χ1v) is 7.87. The normalized spacial score (nSPS) is 16.7. The van der Waals surface area contributed by atoms with Crippen molar-refractivity contribution in [1.29, 1.82) is 0 Å². The molecule has 0 radical (unpaired) electrons. The Morgan fingerprint density at radius 1 is 1.17 bits per heavy atom. The molecule has 1 aliphatic heterocycles. The van der Waals surface area contributed by atoms with E-state index in [1.165, 1.54) is 6.07 Å². The lowest BCUT2D eigenvalue weighted by atomic mass is 10.0. The summed E-state index contributed by atoms with van der Waals surface area (Å²) in [6, 6.07) is 14.2. The Kier molecular flexibility index (Phi) is 4.51. The van der Waals surface area contributed by atoms with Crippen molar-refractivity contribution in [2.75, 3.05) is 6.61 Å². The van der Waals surface area contributed by atoms with E-state index in [1.54, 1.807) is 23.1 Å². The minimum atomic E-state index is -1.02. The van der Waals surface area contributed by atoms with Crippen molar-refractivity contribution in [3.05, 3.63) is 65.2 Å². The van der Waals surface area contributed by atoms with Crippen LogP contribution in [0, 0.1) is 0 Å². The van der Waals surface area contributed by atoms with Crippen LogP contribution in [0.15, 0.2) is 48.5 Å². The van der Waals surface area contributed by atoms with Crippen molar-refractivity contribution in [1.82, 2.24) is 4.90 Å². The van der Waals surface area contributed by atoms with Gasteiger partial charge in [-0.15, -0.1) is 0 Å². The third-order valence-electron chi connectivity index (χ3n) is 4.24. The third-order valence-corrected chi connectivity index (χ3v) is 4.24. The lowest BCUT2D eigenvalue weighted by molar-refractivity contribution is -0.133. The Hall–Kier alpha value is -2.82. The van der Waals surface area contributed by atoms with E-state index < -0.39 is 5.97 Å². The fourth-order valence-electron chi connectivity index (χ4n) is 2.90. The molecule has 3 rings (SSSR count). The molecule has 5 heteroatoms. The van der Waals surface area contributed by atoms with Gasteiger partial charge in [0.05, 0.1) is 18.0 Å². The Bertz CT molecular complexity index is 771. The monoisotopic (exact) mass is 325 g/mol. The van der Waals surface area contributed by atoms with Crippen LogP contribution in [-0.4, -0.2) is 34.5 Å². The lowest BCUT2D eigenvalue weighted by Gasteiger charge is -2.26. The molecule has 0 bridgehead atoms. The van der Waals surface area contributed by atoms with Gasteiger partial charge in [0.25, 0.3) is 0 Å². The number of carbonyl (C=O) groups excluding carboxylic acids is 1. The Morgan fingerprint density at radius 3 is 2.67 bits per heavy atom. The highest BCUT2D eigenvalue weighted by Gasteiger charge is 2.26. The highest BCUT2D eigenvalue weighted by molar-refractivity contribution is 5.91. The molecule has 1 N–H and O–H groups in total. The minimum absolute atomic E-state index is 0.0645. The van der Waals surface area contributed by atoms with Crippen molar-refractivity contribution in [2.24, 2.45) is 0 Å². The first-order chi connectivity index (χ1) is 11.6. The van der Waals surface area contributed by atoms with E-state index in [0.717, 1.165) is 11.3 Å². The summed E-state index contributed by atoms with van der Waals surface area (Å²) >= 11 is 0. The van der Waals surface area contributed by atoms with Gasteiger partial charge in [0.15, 0.2) is 0 Å². The van der Waals surface area contributed by atoms with Crippen molar-refractivity contribution in [2.45, 2.75) is 25.9 Å². The lowest BCUT2D eigenvalue weighted by Crippen LogP contribution is -2.40. The number of para-hydroxylation sites is 1. The van der Waals surface area contributed by atoms with Gasteiger partial charge in [0.2, 0.25) is 5.91 Å². The summed E-state index contributed by atoms with van der Waals surface area (Å²) in [6.45, 7) is 2.82. The molecule has 124 valence electrons. The van der Waals surface area contributed by atoms with E-state index in [0.29, 0.717) is 18.7 Å². The van der Waals surface area contributed by atoms with Crippen LogP contribution < -0.4 is 4.74 Å². The maximum atomic E-state index is 12.8. The summed E-state index contributed by atoms with van der Waals surface area (Å²) in [5.74, 6) is -0.321. The summed E-state index contributed by atoms with van der Waals surface area (Å²) in [7, 11) is 0. The number of carboxylic acids is 1. The zero-order chi connectivity index (χ0) is 17.1. The molecule has 1 heterocycles. The number of nitrogens with zero attached hydrogens (tertiary/aromatic N) is 1. The van der Waals surface area contributed by atoms with Crippen molar-refractivity contribution in [3.63, 3.8) is 0 Å². The number of rotatable bonds is 3. The summed E-state index contributed by atoms with van der Waals surface area (Å²) in [6.07, 6.45) is 0.0645. The number of benzene rings is 2. The molecule has 0 saturated heterocycles. The molecule has 2 aromatic rings. The van der Waals surface area contributed by atoms with Crippen molar-refractivity contribution >= 4 is 11.9 Å². The number of fused-ring (bicyclic) bond motifs is 1. The average molecular weight is 325 g/mol. The highest BCUT2D eigenvalue weighted by Crippen LogP contribution is 2.25. The van der Waals surface area contributed by atoms with Crippen LogP contribution in [0.3, 0.4) is 0 Å². The van der Waals surface area contributed by atoms with Crippen LogP contribution >= 0.6 is 0 Å². The topological polar surface area (TPSA) is 66.8 Å². The summed E-state index contributed by atoms with van der Waals surface area (Å²) in [4.78, 5) is 25.9. The number of amides is 1. The number of carbonyl (C=O) groups is 2. The molecule has 1 amide bonds. The molecule has 0 aromatic heterocycles. The van der Waals surface area contributed by atoms with E-state index in [4.69, 9.17) is 4.74 Å². The summed E-state index contributed by atoms with van der Waals surface area (Å²) in [5.41, 5.74) is 1.66. The predicted molar refractivity (Wildman–Crippen MR) is 89.1 cm³/mol. The van der Waals surface area contributed by atoms with Crippen LogP contribution in [0.4, 0.5) is 0 Å². The van der Waals surface area contributed by atoms with Crippen LogP contribution in [-0.2, 0) is 17.8 Å². The van der Waals surface area contributed by atoms with Gasteiger partial charge in [0.1, 0.15) is 12.4 Å². The van der Waals surface area contributed by atoms with Crippen molar-refractivity contribution < 1.29 is 19.4 Å². The largest absolute Gasteiger partial charge is 0.491 e. The van der Waals surface area contributed by atoms with E-state index in [9.17, 15) is 14.7 Å². The molecule has 24 heavy (non-hydrogen) atoms. The quantitative estimate of drug-likeness (QED) is 0.942. The number of ether oxygens (including phenoxy) is 1. The minimum Gasteiger partial charge on any atom is -0.491 e. The van der Waals surface area contributed by atoms with Gasteiger partial charge in [-0.3, -0.25) is 4.79 Å². The van der Waals surface area contributed by atoms with Gasteiger partial charge in [-0.1, -0.05) is 36.4 Å². The van der Waals surface area contributed by atoms with Crippen LogP contribution in [0.2, 0.25) is 0 Å². The maximum absolute atomic E-state index is 12.8. The van der Waals surface area contributed by atoms with Crippen molar-refractivity contribution in [3.8, 4) is 5.75 Å². The molecule has 5 nitrogen and oxygen atoms in total. The second kappa shape index (κ2) is 6.74. The van der Waals surface area contributed by atoms with E-state index >= 15 is 0 Å². The predicted octanol–water partition coefficient (Wildman–Crippen LogP) is 2.74. The van der Waals surface area contributed by atoms with Crippen LogP contribution in [0.5, 0.6) is 5.75 Å². The van der Waals surface area contributed by atoms with Gasteiger partial charge in [-0.2, -0.15) is 0 Å². The van der Waals surface area contributed by atoms with Gasteiger partial charge >= 0.3 is 5.97 Å². The molecule has 1 unspecified atom stereocenters. The number of hydrogen-bond acceptors (Lipinski definition) is 3. The fraction of sp³-hybridized carbons (Fsp3) is 0.263. The van der Waals surface area contributed by atoms with Gasteiger partial charge < -0.3 is 14.7 Å². The molecular formula is C19H19NO4. The smallest absolute Gasteiger partial charge is 0.335 e. The van der Waals surface area contributed by atoms with Gasteiger partial charge in [-0.25, -0.2) is 4.79 Å². The third kappa shape index (κ3) is 3.25. The van der Waals surface area contributed by atoms with Crippen LogP contribution in [0.1, 0.15) is 28.4 Å². The first-order valence-electron chi connectivity index (χ1n) is 7.87. The molecule has 0 spiro atoms. The molecule has 1 atom stereocenters. The Labute approximate surface area is 140 Å². The second-order valence-corrected chi connectivity index (χ2v) is 5.93. The Balaban J connectivity index is 1.83. The standard InChI is InChI=1S/C19H19NO4/c1-13-12-24-17-9-5-3-7-15(17)11-20(13)18(21)10-14-6-2-4-8-16(14)19(22)23/h2-9,13H,10-12H2,1H3,(H,22,23). The Morgan fingerprint density at radius 2 is 1.88 bits per heavy atom. The molecule has 0 aliphatic carbocycles. The fourth-order valence-corrected chi connectivity index (χ4v) is 2.90. The number of carboxylic acid groups (broad SMARTS) is 1. The van der Waals surface area contributed by atoms with Crippen LogP contribution in [0.25, 0.3) is 0 Å². The average Bonchev–Trinajstić information content (AvgIpc) is 2.74. The SMILES string of the molecule is CC1COc2ccccc2CN1C(=O)Cc1ccccc1C(=O)O. The van der Waals surface area contributed by atoms with Gasteiger partial charge in [0, 0.05) is 12.1 Å². The number of hydrogen-bond donors (Lipinski definition) is 1. The second-order valence-electron chi connectivity index (χ2n) is 5.93. The molecule has 0 saturated carbocycles. The van der Waals surface area contributed by atoms with E-state index in [2.05, 4.69) is 0 Å². The zero-order valence-corrected chi connectivity index (χ0v) is 13.4. The van der Waals surface area contributed by atoms with E-state index in [-0.39, 0.29) is 23.9 Å². The summed E-state index contributed by atoms with van der Waals surface area (Å²) < 4.78 is 5.77. The van der Waals surface area contributed by atoms with E-state index in [1.807, 2.05) is 31.2 Å². The maximum Gasteiger partial charge on any atom is 0.335 e. The first kappa shape index (κ1) is 16.1. The van der Waals surface area contributed by atoms with Gasteiger partial charge in [-0.05, 0) is 24.6 Å². The zero-order valence-electron chi connectivity index (χ0n) is 13.4. The summed E-state index contributed by atoms with van der Waals surface area (Å²) in [5, 5.41) is 9.27. The molecule has 1 aliphatic rings. The number of aromatic carboxylic acids is 1. The molecule has 0 fully saturated rings. The highest BCUT2D eigenvalue weighted by atomic mass is 16.5. The molecular weight excluding hydrogens is 306 g/mol.